The molecule has 8 nitrogen and oxygen atoms in total. The molecule has 0 bridgehead atoms. The summed E-state index contributed by atoms with van der Waals surface area (Å²) in [6.07, 6.45) is 1.42. The Bertz CT molecular complexity index is 1040. The summed E-state index contributed by atoms with van der Waals surface area (Å²) in [5, 5.41) is 11.0. The van der Waals surface area contributed by atoms with Crippen molar-refractivity contribution < 1.29 is 18.8 Å². The van der Waals surface area contributed by atoms with Crippen molar-refractivity contribution in [3.8, 4) is 0 Å². The van der Waals surface area contributed by atoms with Gasteiger partial charge >= 0.3 is 6.03 Å². The molecular weight excluding hydrogens is 396 g/mol. The minimum absolute atomic E-state index is 0.0584. The van der Waals surface area contributed by atoms with Crippen molar-refractivity contribution in [1.29, 1.82) is 0 Å². The van der Waals surface area contributed by atoms with Crippen LogP contribution in [0.15, 0.2) is 71.3 Å². The molecule has 2 aromatic carbocycles. The molecule has 0 aliphatic carbocycles. The first-order chi connectivity index (χ1) is 14.9. The molecule has 3 rings (SSSR count). The van der Waals surface area contributed by atoms with Gasteiger partial charge in [-0.1, -0.05) is 18.2 Å². The third kappa shape index (κ3) is 6.46. The lowest BCUT2D eigenvalue weighted by atomic mass is 10.1. The van der Waals surface area contributed by atoms with E-state index in [0.29, 0.717) is 23.5 Å². The average Bonchev–Trinajstić information content (AvgIpc) is 3.27. The first-order valence-corrected chi connectivity index (χ1v) is 9.80. The van der Waals surface area contributed by atoms with Crippen molar-refractivity contribution in [2.45, 2.75) is 26.4 Å². The highest BCUT2D eigenvalue weighted by Gasteiger charge is 2.10. The molecule has 0 saturated carbocycles. The Balaban J connectivity index is 1.56. The number of rotatable bonds is 7. The minimum atomic E-state index is -0.375. The van der Waals surface area contributed by atoms with Crippen LogP contribution in [0.5, 0.6) is 0 Å². The molecule has 4 amide bonds. The Labute approximate surface area is 180 Å². The molecule has 1 heterocycles. The van der Waals surface area contributed by atoms with Crippen LogP contribution in [0, 0.1) is 0 Å². The summed E-state index contributed by atoms with van der Waals surface area (Å²) < 4.78 is 5.07. The van der Waals surface area contributed by atoms with Crippen LogP contribution in [0.25, 0.3) is 0 Å². The van der Waals surface area contributed by atoms with Crippen LogP contribution < -0.4 is 21.3 Å². The number of anilines is 2. The van der Waals surface area contributed by atoms with Gasteiger partial charge in [0.15, 0.2) is 5.76 Å². The van der Waals surface area contributed by atoms with Gasteiger partial charge in [-0.15, -0.1) is 0 Å². The van der Waals surface area contributed by atoms with Crippen molar-refractivity contribution in [2.75, 3.05) is 10.6 Å². The van der Waals surface area contributed by atoms with Gasteiger partial charge in [-0.05, 0) is 61.9 Å². The van der Waals surface area contributed by atoms with E-state index in [1.54, 1.807) is 60.7 Å². The zero-order chi connectivity index (χ0) is 22.2. The maximum Gasteiger partial charge on any atom is 0.315 e. The Morgan fingerprint density at radius 1 is 0.871 bits per heavy atom. The highest BCUT2D eigenvalue weighted by molar-refractivity contribution is 6.05. The van der Waals surface area contributed by atoms with Gasteiger partial charge in [-0.25, -0.2) is 4.79 Å². The molecule has 0 saturated heterocycles. The quantitative estimate of drug-likeness (QED) is 0.463. The van der Waals surface area contributed by atoms with E-state index in [2.05, 4.69) is 21.3 Å². The summed E-state index contributed by atoms with van der Waals surface area (Å²) in [5.74, 6) is -0.461. The van der Waals surface area contributed by atoms with Gasteiger partial charge < -0.3 is 25.7 Å². The molecule has 1 aromatic heterocycles. The highest BCUT2D eigenvalue weighted by Crippen LogP contribution is 2.17. The number of benzene rings is 2. The molecule has 4 N–H and O–H groups in total. The van der Waals surface area contributed by atoms with E-state index in [4.69, 9.17) is 4.42 Å². The number of hydrogen-bond acceptors (Lipinski definition) is 4. The Morgan fingerprint density at radius 3 is 2.16 bits per heavy atom. The van der Waals surface area contributed by atoms with Crippen LogP contribution in [0.2, 0.25) is 0 Å². The zero-order valence-corrected chi connectivity index (χ0v) is 17.3. The highest BCUT2D eigenvalue weighted by atomic mass is 16.3. The topological polar surface area (TPSA) is 112 Å². The number of amides is 4. The normalized spacial score (nSPS) is 10.4. The third-order valence-electron chi connectivity index (χ3n) is 4.21. The summed E-state index contributed by atoms with van der Waals surface area (Å²) in [6, 6.07) is 16.8. The fourth-order valence-corrected chi connectivity index (χ4v) is 2.75. The first-order valence-electron chi connectivity index (χ1n) is 9.80. The van der Waals surface area contributed by atoms with E-state index < -0.39 is 0 Å². The molecule has 31 heavy (non-hydrogen) atoms. The number of urea groups is 1. The summed E-state index contributed by atoms with van der Waals surface area (Å²) in [4.78, 5) is 36.3. The second-order valence-corrected chi connectivity index (χ2v) is 7.14. The Kier molecular flexibility index (Phi) is 7.05. The van der Waals surface area contributed by atoms with E-state index in [1.165, 1.54) is 6.26 Å². The number of furan rings is 1. The van der Waals surface area contributed by atoms with Crippen LogP contribution in [0.4, 0.5) is 16.2 Å². The molecule has 3 aromatic rings. The molecule has 8 heteroatoms. The molecule has 0 fully saturated rings. The summed E-state index contributed by atoms with van der Waals surface area (Å²) in [6.45, 7) is 4.13. The van der Waals surface area contributed by atoms with Gasteiger partial charge in [0.05, 0.1) is 6.26 Å². The number of carbonyl (C=O) groups is 3. The molecule has 0 unspecified atom stereocenters. The molecule has 0 radical (unpaired) electrons. The second-order valence-electron chi connectivity index (χ2n) is 7.14. The van der Waals surface area contributed by atoms with Gasteiger partial charge in [0.2, 0.25) is 0 Å². The van der Waals surface area contributed by atoms with Gasteiger partial charge in [0.25, 0.3) is 11.8 Å². The number of hydrogen-bond donors (Lipinski definition) is 4. The minimum Gasteiger partial charge on any atom is -0.459 e. The first kappa shape index (κ1) is 21.6. The second kappa shape index (κ2) is 10.1. The number of nitrogens with one attached hydrogen (secondary N) is 4. The molecule has 0 aliphatic heterocycles. The fourth-order valence-electron chi connectivity index (χ4n) is 2.75. The fraction of sp³-hybridized carbons (Fsp3) is 0.174. The Morgan fingerprint density at radius 2 is 1.55 bits per heavy atom. The lowest BCUT2D eigenvalue weighted by Gasteiger charge is -2.11. The van der Waals surface area contributed by atoms with E-state index >= 15 is 0 Å². The summed E-state index contributed by atoms with van der Waals surface area (Å²) >= 11 is 0. The van der Waals surface area contributed by atoms with E-state index in [-0.39, 0.29) is 29.6 Å². The predicted molar refractivity (Wildman–Crippen MR) is 118 cm³/mol. The predicted octanol–water partition coefficient (Wildman–Crippen LogP) is 3.99. The van der Waals surface area contributed by atoms with Crippen molar-refractivity contribution in [3.05, 3.63) is 83.8 Å². The average molecular weight is 420 g/mol. The van der Waals surface area contributed by atoms with Crippen LogP contribution in [0.3, 0.4) is 0 Å². The smallest absolute Gasteiger partial charge is 0.315 e. The monoisotopic (exact) mass is 420 g/mol. The van der Waals surface area contributed by atoms with Crippen LogP contribution in [0.1, 0.15) is 40.3 Å². The largest absolute Gasteiger partial charge is 0.459 e. The Hall–Kier alpha value is -4.07. The van der Waals surface area contributed by atoms with E-state index in [1.807, 2.05) is 13.8 Å². The van der Waals surface area contributed by atoms with Crippen LogP contribution in [-0.4, -0.2) is 23.9 Å². The van der Waals surface area contributed by atoms with Crippen molar-refractivity contribution >= 4 is 29.2 Å². The van der Waals surface area contributed by atoms with E-state index in [9.17, 15) is 14.4 Å². The maximum atomic E-state index is 12.5. The van der Waals surface area contributed by atoms with Gasteiger partial charge in [-0.3, -0.25) is 9.59 Å². The van der Waals surface area contributed by atoms with Gasteiger partial charge in [0, 0.05) is 29.5 Å². The van der Waals surface area contributed by atoms with Crippen molar-refractivity contribution in [1.82, 2.24) is 10.6 Å². The SMILES string of the molecule is CC(C)NC(=O)NCc1ccc(C(=O)Nc2cccc(NC(=O)c3ccco3)c2)cc1. The molecule has 0 atom stereocenters. The standard InChI is InChI=1S/C23H24N4O4/c1-15(2)25-23(30)24-14-16-8-10-17(11-9-16)21(28)26-18-5-3-6-19(13-18)27-22(29)20-7-4-12-31-20/h3-13,15H,14H2,1-2H3,(H,26,28)(H,27,29)(H2,24,25,30). The number of carbonyl (C=O) groups excluding carboxylic acids is 3. The summed E-state index contributed by atoms with van der Waals surface area (Å²) in [7, 11) is 0. The maximum absolute atomic E-state index is 12.5. The molecular formula is C23H24N4O4. The van der Waals surface area contributed by atoms with Gasteiger partial charge in [0.1, 0.15) is 0 Å². The van der Waals surface area contributed by atoms with Crippen molar-refractivity contribution in [3.63, 3.8) is 0 Å². The zero-order valence-electron chi connectivity index (χ0n) is 17.3. The van der Waals surface area contributed by atoms with Crippen LogP contribution in [-0.2, 0) is 6.54 Å². The lowest BCUT2D eigenvalue weighted by molar-refractivity contribution is 0.0995. The van der Waals surface area contributed by atoms with Gasteiger partial charge in [-0.2, -0.15) is 0 Å². The molecule has 160 valence electrons. The third-order valence-corrected chi connectivity index (χ3v) is 4.21. The molecule has 0 aliphatic rings. The van der Waals surface area contributed by atoms with Crippen molar-refractivity contribution in [2.24, 2.45) is 0 Å². The molecule has 0 spiro atoms. The summed E-state index contributed by atoms with van der Waals surface area (Å²) in [5.41, 5.74) is 2.41. The van der Waals surface area contributed by atoms with Crippen LogP contribution >= 0.6 is 0 Å². The lowest BCUT2D eigenvalue weighted by Crippen LogP contribution is -2.39. The van der Waals surface area contributed by atoms with E-state index in [0.717, 1.165) is 5.56 Å².